The quantitative estimate of drug-likeness (QED) is 0.315. The molecule has 2 aromatic rings. The summed E-state index contributed by atoms with van der Waals surface area (Å²) in [6.45, 7) is 0.936. The Hall–Kier alpha value is -1.89. The zero-order chi connectivity index (χ0) is 29.1. The minimum atomic E-state index is -3.37. The lowest BCUT2D eigenvalue weighted by molar-refractivity contribution is 0.134. The van der Waals surface area contributed by atoms with Crippen molar-refractivity contribution in [2.75, 3.05) is 24.2 Å². The molecule has 2 saturated heterocycles. The van der Waals surface area contributed by atoms with Crippen LogP contribution in [0.1, 0.15) is 68.4 Å². The van der Waals surface area contributed by atoms with E-state index in [2.05, 4.69) is 15.6 Å². The van der Waals surface area contributed by atoms with E-state index in [9.17, 15) is 17.9 Å². The Morgan fingerprint density at radius 3 is 2.68 bits per heavy atom. The van der Waals surface area contributed by atoms with Gasteiger partial charge >= 0.3 is 0 Å². The van der Waals surface area contributed by atoms with Crippen LogP contribution in [0.5, 0.6) is 0 Å². The van der Waals surface area contributed by atoms with Crippen molar-refractivity contribution < 1.29 is 22.3 Å². The Morgan fingerprint density at radius 2 is 1.93 bits per heavy atom. The maximum absolute atomic E-state index is 15.1. The summed E-state index contributed by atoms with van der Waals surface area (Å²) in [5, 5.41) is 17.7. The lowest BCUT2D eigenvalue weighted by Gasteiger charge is -2.38. The number of nitrogens with two attached hydrogens (primary N) is 1. The minimum absolute atomic E-state index is 0.0236. The maximum atomic E-state index is 15.1. The monoisotopic (exact) mass is 611 g/mol. The normalized spacial score (nSPS) is 27.0. The van der Waals surface area contributed by atoms with Crippen molar-refractivity contribution in [2.24, 2.45) is 11.7 Å². The van der Waals surface area contributed by atoms with Crippen LogP contribution in [0.15, 0.2) is 30.6 Å². The number of halogens is 3. The first-order chi connectivity index (χ1) is 19.6. The highest BCUT2D eigenvalue weighted by molar-refractivity contribution is 7.89. The van der Waals surface area contributed by atoms with Crippen LogP contribution in [-0.2, 0) is 16.4 Å². The highest BCUT2D eigenvalue weighted by atomic mass is 35.5. The van der Waals surface area contributed by atoms with Crippen molar-refractivity contribution in [3.63, 3.8) is 0 Å². The first-order valence-electron chi connectivity index (χ1n) is 14.6. The lowest BCUT2D eigenvalue weighted by Crippen LogP contribution is -2.57. The summed E-state index contributed by atoms with van der Waals surface area (Å²) >= 11 is 5.94. The zero-order valence-corrected chi connectivity index (χ0v) is 24.7. The van der Waals surface area contributed by atoms with Gasteiger partial charge in [-0.2, -0.15) is 4.31 Å². The average molecular weight is 612 g/mol. The van der Waals surface area contributed by atoms with Crippen molar-refractivity contribution in [3.05, 3.63) is 58.4 Å². The molecule has 3 heterocycles. The number of nitrogens with one attached hydrogen (secondary N) is 2. The largest absolute Gasteiger partial charge is 0.372 e. The van der Waals surface area contributed by atoms with E-state index in [4.69, 9.17) is 17.3 Å². The SMILES string of the molecule is N[C@H](C(O)Nc1cncc(F)c1CC[C@H]1CN[C@@H]2CCCS(=O)(=O)N1C2)[C@@H](c1ccc(Cl)c(F)c1)C1CCCCC1. The van der Waals surface area contributed by atoms with Crippen molar-refractivity contribution in [2.45, 2.75) is 88.1 Å². The standard InChI is InChI=1S/C29H40ClF2N5O3S/c30-23-11-8-19(13-24(23)31)27(18-5-2-1-3-6-18)28(33)29(38)36-26-16-34-15-25(32)22(26)10-9-21-14-35-20-7-4-12-41(39,40)37(21)17-20/h8,11,13,15-16,18,20-21,27-29,35-36,38H,1-7,9-10,12,14,17,33H2/t20-,21+,27-,28+,29?/m1/s1. The molecule has 2 unspecified atom stereocenters. The first-order valence-corrected chi connectivity index (χ1v) is 16.6. The fourth-order valence-corrected chi connectivity index (χ4v) is 8.79. The number of aromatic nitrogens is 1. The van der Waals surface area contributed by atoms with Gasteiger partial charge in [0.05, 0.1) is 34.9 Å². The number of benzene rings is 1. The van der Waals surface area contributed by atoms with E-state index in [1.807, 2.05) is 0 Å². The van der Waals surface area contributed by atoms with Gasteiger partial charge in [0.25, 0.3) is 0 Å². The molecule has 0 radical (unpaired) electrons. The van der Waals surface area contributed by atoms with Gasteiger partial charge in [0.2, 0.25) is 10.0 Å². The number of fused-ring (bicyclic) bond motifs is 2. The number of nitrogens with zero attached hydrogens (tertiary/aromatic N) is 2. The van der Waals surface area contributed by atoms with E-state index in [-0.39, 0.29) is 41.1 Å². The molecule has 5 N–H and O–H groups in total. The number of hydrogen-bond acceptors (Lipinski definition) is 7. The number of anilines is 1. The van der Waals surface area contributed by atoms with Gasteiger partial charge in [-0.1, -0.05) is 36.9 Å². The molecule has 3 fully saturated rings. The Morgan fingerprint density at radius 1 is 1.15 bits per heavy atom. The van der Waals surface area contributed by atoms with E-state index < -0.39 is 33.9 Å². The Labute approximate surface area is 246 Å². The second kappa shape index (κ2) is 13.2. The predicted octanol–water partition coefficient (Wildman–Crippen LogP) is 4.13. The highest BCUT2D eigenvalue weighted by Crippen LogP contribution is 2.39. The summed E-state index contributed by atoms with van der Waals surface area (Å²) in [5.41, 5.74) is 7.96. The molecule has 0 spiro atoms. The molecule has 1 aromatic heterocycles. The van der Waals surface area contributed by atoms with Gasteiger partial charge < -0.3 is 21.5 Å². The number of pyridine rings is 1. The first kappa shape index (κ1) is 30.6. The molecule has 3 aliphatic rings. The molecule has 2 bridgehead atoms. The molecule has 226 valence electrons. The van der Waals surface area contributed by atoms with Gasteiger partial charge in [0.15, 0.2) is 0 Å². The molecule has 1 aliphatic carbocycles. The van der Waals surface area contributed by atoms with Gasteiger partial charge in [-0.15, -0.1) is 0 Å². The van der Waals surface area contributed by atoms with Gasteiger partial charge in [-0.3, -0.25) is 4.98 Å². The number of hydrogen-bond donors (Lipinski definition) is 4. The van der Waals surface area contributed by atoms with E-state index in [1.54, 1.807) is 10.4 Å². The van der Waals surface area contributed by atoms with E-state index >= 15 is 4.39 Å². The fraction of sp³-hybridized carbons (Fsp3) is 0.621. The van der Waals surface area contributed by atoms with Crippen molar-refractivity contribution in [1.82, 2.24) is 14.6 Å². The van der Waals surface area contributed by atoms with Gasteiger partial charge in [0.1, 0.15) is 17.9 Å². The van der Waals surface area contributed by atoms with Crippen LogP contribution in [0.25, 0.3) is 0 Å². The molecule has 1 aromatic carbocycles. The topological polar surface area (TPSA) is 121 Å². The van der Waals surface area contributed by atoms with E-state index in [0.717, 1.165) is 44.7 Å². The minimum Gasteiger partial charge on any atom is -0.372 e. The molecule has 1 saturated carbocycles. The maximum Gasteiger partial charge on any atom is 0.214 e. The van der Waals surface area contributed by atoms with Crippen LogP contribution in [0.4, 0.5) is 14.5 Å². The van der Waals surface area contributed by atoms with Gasteiger partial charge in [0, 0.05) is 36.7 Å². The molecule has 6 atom stereocenters. The smallest absolute Gasteiger partial charge is 0.214 e. The highest BCUT2D eigenvalue weighted by Gasteiger charge is 2.38. The second-order valence-electron chi connectivity index (χ2n) is 11.7. The van der Waals surface area contributed by atoms with Gasteiger partial charge in [-0.05, 0) is 62.1 Å². The molecule has 8 nitrogen and oxygen atoms in total. The number of aliphatic hydroxyl groups excluding tert-OH is 1. The third kappa shape index (κ3) is 7.02. The van der Waals surface area contributed by atoms with Crippen molar-refractivity contribution >= 4 is 27.3 Å². The third-order valence-electron chi connectivity index (χ3n) is 9.06. The van der Waals surface area contributed by atoms with E-state index in [1.165, 1.54) is 18.3 Å². The third-order valence-corrected chi connectivity index (χ3v) is 11.3. The summed E-state index contributed by atoms with van der Waals surface area (Å²) in [6.07, 6.45) is 8.42. The fourth-order valence-electron chi connectivity index (χ4n) is 6.87. The summed E-state index contributed by atoms with van der Waals surface area (Å²) in [6, 6.07) is 3.68. The van der Waals surface area contributed by atoms with Gasteiger partial charge in [-0.25, -0.2) is 17.2 Å². The van der Waals surface area contributed by atoms with E-state index in [0.29, 0.717) is 42.7 Å². The van der Waals surface area contributed by atoms with Crippen LogP contribution < -0.4 is 16.4 Å². The molecular weight excluding hydrogens is 572 g/mol. The average Bonchev–Trinajstić information content (AvgIpc) is 3.07. The zero-order valence-electron chi connectivity index (χ0n) is 23.1. The van der Waals surface area contributed by atoms with Crippen LogP contribution in [-0.4, -0.2) is 66.0 Å². The summed E-state index contributed by atoms with van der Waals surface area (Å²) in [4.78, 5) is 3.98. The molecule has 12 heteroatoms. The van der Waals surface area contributed by atoms with Crippen LogP contribution >= 0.6 is 11.6 Å². The van der Waals surface area contributed by atoms with Crippen LogP contribution in [0, 0.1) is 17.6 Å². The lowest BCUT2D eigenvalue weighted by atomic mass is 9.73. The molecular formula is C29H40ClF2N5O3S. The van der Waals surface area contributed by atoms with Crippen molar-refractivity contribution in [3.8, 4) is 0 Å². The number of sulfonamides is 1. The summed E-state index contributed by atoms with van der Waals surface area (Å²) < 4.78 is 56.9. The summed E-state index contributed by atoms with van der Waals surface area (Å²) in [7, 11) is -3.37. The van der Waals surface area contributed by atoms with Crippen LogP contribution in [0.2, 0.25) is 5.02 Å². The molecule has 0 amide bonds. The number of piperazine rings is 1. The second-order valence-corrected chi connectivity index (χ2v) is 14.2. The number of rotatable bonds is 9. The Bertz CT molecular complexity index is 1310. The van der Waals surface area contributed by atoms with Crippen molar-refractivity contribution in [1.29, 1.82) is 0 Å². The Kier molecular flexibility index (Phi) is 9.82. The Balaban J connectivity index is 1.33. The molecule has 41 heavy (non-hydrogen) atoms. The number of aliphatic hydroxyl groups is 1. The molecule has 5 rings (SSSR count). The summed E-state index contributed by atoms with van der Waals surface area (Å²) in [5.74, 6) is -1.14. The predicted molar refractivity (Wildman–Crippen MR) is 156 cm³/mol. The molecule has 2 aliphatic heterocycles. The van der Waals surface area contributed by atoms with Crippen LogP contribution in [0.3, 0.4) is 0 Å².